The normalized spacial score (nSPS) is 11.2. The first kappa shape index (κ1) is 12.6. The molecule has 16 heavy (non-hydrogen) atoms. The fraction of sp³-hybridized carbons (Fsp3) is 0.364. The molecule has 0 unspecified atom stereocenters. The third-order valence-electron chi connectivity index (χ3n) is 2.10. The number of primary amides is 1. The van der Waals surface area contributed by atoms with Crippen LogP contribution < -0.4 is 16.8 Å². The van der Waals surface area contributed by atoms with Crippen LogP contribution in [0.2, 0.25) is 5.02 Å². The minimum Gasteiger partial charge on any atom is -0.397 e. The lowest BCUT2D eigenvalue weighted by Gasteiger charge is -2.27. The minimum absolute atomic E-state index is 0.221. The topological polar surface area (TPSA) is 81.1 Å². The molecular weight excluding hydrogens is 226 g/mol. The van der Waals surface area contributed by atoms with Crippen molar-refractivity contribution >= 4 is 28.9 Å². The van der Waals surface area contributed by atoms with Crippen molar-refractivity contribution in [2.45, 2.75) is 25.8 Å². The second kappa shape index (κ2) is 4.61. The number of carbonyl (C=O) groups excluding carboxylic acids is 1. The van der Waals surface area contributed by atoms with Gasteiger partial charge >= 0.3 is 0 Å². The number of nitrogens with one attached hydrogen (secondary N) is 1. The molecule has 0 radical (unpaired) electrons. The average molecular weight is 242 g/mol. The SMILES string of the molecule is CC(C)(CC(N)=O)Nc1cc(Cl)ccc1N. The Kier molecular flexibility index (Phi) is 3.65. The number of nitrogens with two attached hydrogens (primary N) is 2. The number of amides is 1. The van der Waals surface area contributed by atoms with Crippen molar-refractivity contribution in [3.63, 3.8) is 0 Å². The minimum atomic E-state index is -0.454. The monoisotopic (exact) mass is 241 g/mol. The number of rotatable bonds is 4. The molecule has 0 bridgehead atoms. The summed E-state index contributed by atoms with van der Waals surface area (Å²) in [6.45, 7) is 3.75. The fourth-order valence-electron chi connectivity index (χ4n) is 1.48. The number of nitrogen functional groups attached to an aromatic ring is 1. The molecule has 0 saturated carbocycles. The highest BCUT2D eigenvalue weighted by atomic mass is 35.5. The largest absolute Gasteiger partial charge is 0.397 e. The maximum Gasteiger partial charge on any atom is 0.219 e. The van der Waals surface area contributed by atoms with Gasteiger partial charge in [-0.1, -0.05) is 11.6 Å². The van der Waals surface area contributed by atoms with Crippen LogP contribution in [0.15, 0.2) is 18.2 Å². The van der Waals surface area contributed by atoms with Crippen molar-refractivity contribution in [2.75, 3.05) is 11.1 Å². The zero-order valence-electron chi connectivity index (χ0n) is 9.38. The van der Waals surface area contributed by atoms with Crippen LogP contribution in [0.25, 0.3) is 0 Å². The Morgan fingerprint density at radius 1 is 1.50 bits per heavy atom. The van der Waals surface area contributed by atoms with Gasteiger partial charge in [0.15, 0.2) is 0 Å². The predicted molar refractivity (Wildman–Crippen MR) is 67.4 cm³/mol. The highest BCUT2D eigenvalue weighted by molar-refractivity contribution is 6.31. The molecule has 5 heteroatoms. The second-order valence-electron chi connectivity index (χ2n) is 4.38. The summed E-state index contributed by atoms with van der Waals surface area (Å²) in [5.41, 5.74) is 11.8. The van der Waals surface area contributed by atoms with Crippen molar-refractivity contribution in [3.05, 3.63) is 23.2 Å². The third-order valence-corrected chi connectivity index (χ3v) is 2.34. The van der Waals surface area contributed by atoms with E-state index in [1.165, 1.54) is 0 Å². The number of carbonyl (C=O) groups is 1. The molecule has 0 spiro atoms. The maximum absolute atomic E-state index is 10.9. The zero-order valence-corrected chi connectivity index (χ0v) is 10.1. The van der Waals surface area contributed by atoms with Crippen molar-refractivity contribution in [2.24, 2.45) is 5.73 Å². The van der Waals surface area contributed by atoms with E-state index in [0.29, 0.717) is 16.4 Å². The molecule has 0 aliphatic carbocycles. The van der Waals surface area contributed by atoms with Gasteiger partial charge in [-0.2, -0.15) is 0 Å². The first-order valence-electron chi connectivity index (χ1n) is 4.92. The van der Waals surface area contributed by atoms with E-state index in [-0.39, 0.29) is 12.3 Å². The van der Waals surface area contributed by atoms with Gasteiger partial charge in [-0.3, -0.25) is 4.79 Å². The van der Waals surface area contributed by atoms with Gasteiger partial charge in [0.1, 0.15) is 0 Å². The van der Waals surface area contributed by atoms with E-state index < -0.39 is 5.54 Å². The number of halogens is 1. The fourth-order valence-corrected chi connectivity index (χ4v) is 1.65. The molecule has 0 fully saturated rings. The zero-order chi connectivity index (χ0) is 12.3. The molecule has 1 aromatic carbocycles. The van der Waals surface area contributed by atoms with Crippen LogP contribution in [0, 0.1) is 0 Å². The Balaban J connectivity index is 2.86. The molecule has 0 heterocycles. The van der Waals surface area contributed by atoms with Gasteiger partial charge in [0.25, 0.3) is 0 Å². The smallest absolute Gasteiger partial charge is 0.219 e. The summed E-state index contributed by atoms with van der Waals surface area (Å²) in [4.78, 5) is 10.9. The van der Waals surface area contributed by atoms with Crippen LogP contribution in [-0.2, 0) is 4.79 Å². The molecule has 1 aromatic rings. The summed E-state index contributed by atoms with van der Waals surface area (Å²) in [5.74, 6) is -0.363. The number of anilines is 2. The van der Waals surface area contributed by atoms with Crippen LogP contribution in [0.4, 0.5) is 11.4 Å². The van der Waals surface area contributed by atoms with Gasteiger partial charge in [-0.15, -0.1) is 0 Å². The number of hydrogen-bond acceptors (Lipinski definition) is 3. The first-order chi connectivity index (χ1) is 7.30. The van der Waals surface area contributed by atoms with Gasteiger partial charge < -0.3 is 16.8 Å². The Hall–Kier alpha value is -1.42. The molecule has 1 rings (SSSR count). The van der Waals surface area contributed by atoms with E-state index in [2.05, 4.69) is 5.32 Å². The van der Waals surface area contributed by atoms with Crippen LogP contribution >= 0.6 is 11.6 Å². The summed E-state index contributed by atoms with van der Waals surface area (Å²) in [7, 11) is 0. The molecule has 88 valence electrons. The molecule has 4 nitrogen and oxygen atoms in total. The maximum atomic E-state index is 10.9. The van der Waals surface area contributed by atoms with Gasteiger partial charge in [0.2, 0.25) is 5.91 Å². The molecule has 0 saturated heterocycles. The molecule has 0 aromatic heterocycles. The lowest BCUT2D eigenvalue weighted by molar-refractivity contribution is -0.118. The predicted octanol–water partition coefficient (Wildman–Crippen LogP) is 1.99. The summed E-state index contributed by atoms with van der Waals surface area (Å²) in [6, 6.07) is 5.15. The highest BCUT2D eigenvalue weighted by Gasteiger charge is 2.21. The summed E-state index contributed by atoms with van der Waals surface area (Å²) >= 11 is 5.86. The summed E-state index contributed by atoms with van der Waals surface area (Å²) in [6.07, 6.45) is 0.221. The molecule has 5 N–H and O–H groups in total. The number of benzene rings is 1. The Labute approximate surface area is 100.0 Å². The van der Waals surface area contributed by atoms with Crippen molar-refractivity contribution in [1.29, 1.82) is 0 Å². The van der Waals surface area contributed by atoms with Gasteiger partial charge in [-0.25, -0.2) is 0 Å². The quantitative estimate of drug-likeness (QED) is 0.705. The summed E-state index contributed by atoms with van der Waals surface area (Å²) in [5, 5.41) is 3.74. The van der Waals surface area contributed by atoms with Gasteiger partial charge in [0.05, 0.1) is 11.4 Å². The van der Waals surface area contributed by atoms with E-state index in [4.69, 9.17) is 23.1 Å². The first-order valence-corrected chi connectivity index (χ1v) is 5.29. The Morgan fingerprint density at radius 2 is 2.12 bits per heavy atom. The second-order valence-corrected chi connectivity index (χ2v) is 4.82. The van der Waals surface area contributed by atoms with Crippen LogP contribution in [-0.4, -0.2) is 11.4 Å². The van der Waals surface area contributed by atoms with E-state index in [0.717, 1.165) is 0 Å². The van der Waals surface area contributed by atoms with Crippen LogP contribution in [0.1, 0.15) is 20.3 Å². The van der Waals surface area contributed by atoms with Gasteiger partial charge in [-0.05, 0) is 32.0 Å². The molecule has 0 aliphatic heterocycles. The van der Waals surface area contributed by atoms with E-state index >= 15 is 0 Å². The van der Waals surface area contributed by atoms with Crippen molar-refractivity contribution in [3.8, 4) is 0 Å². The van der Waals surface area contributed by atoms with E-state index in [1.807, 2.05) is 13.8 Å². The van der Waals surface area contributed by atoms with Crippen molar-refractivity contribution in [1.82, 2.24) is 0 Å². The molecule has 0 aliphatic rings. The summed E-state index contributed by atoms with van der Waals surface area (Å²) < 4.78 is 0. The molecular formula is C11H16ClN3O. The molecule has 0 atom stereocenters. The van der Waals surface area contributed by atoms with Crippen LogP contribution in [0.5, 0.6) is 0 Å². The average Bonchev–Trinajstić information content (AvgIpc) is 2.08. The third kappa shape index (κ3) is 3.62. The van der Waals surface area contributed by atoms with E-state index in [1.54, 1.807) is 18.2 Å². The molecule has 1 amide bonds. The van der Waals surface area contributed by atoms with Crippen LogP contribution in [0.3, 0.4) is 0 Å². The lowest BCUT2D eigenvalue weighted by Crippen LogP contribution is -2.36. The Morgan fingerprint density at radius 3 is 2.69 bits per heavy atom. The van der Waals surface area contributed by atoms with Gasteiger partial charge in [0, 0.05) is 17.0 Å². The van der Waals surface area contributed by atoms with E-state index in [9.17, 15) is 4.79 Å². The lowest BCUT2D eigenvalue weighted by atomic mass is 9.99. The number of hydrogen-bond donors (Lipinski definition) is 3. The Bertz CT molecular complexity index is 404. The highest BCUT2D eigenvalue weighted by Crippen LogP contribution is 2.26. The van der Waals surface area contributed by atoms with Crippen molar-refractivity contribution < 1.29 is 4.79 Å². The standard InChI is InChI=1S/C11H16ClN3O/c1-11(2,6-10(14)16)15-9-5-7(12)3-4-8(9)13/h3-5,15H,6,13H2,1-2H3,(H2,14,16).